The maximum absolute atomic E-state index is 12.8. The lowest BCUT2D eigenvalue weighted by atomic mass is 9.60. The van der Waals surface area contributed by atoms with Crippen LogP contribution in [0.4, 0.5) is 31.1 Å². The molecule has 5 heterocycles. The predicted molar refractivity (Wildman–Crippen MR) is 103 cm³/mol. The van der Waals surface area contributed by atoms with E-state index in [-0.39, 0.29) is 35.3 Å². The topological polar surface area (TPSA) is 83.5 Å². The summed E-state index contributed by atoms with van der Waals surface area (Å²) in [6, 6.07) is -0.189. The number of carbonyl (C=O) groups excluding carboxylic acids is 1. The largest absolute Gasteiger partial charge is 0.453 e. The highest BCUT2D eigenvalue weighted by Gasteiger charge is 2.58. The summed E-state index contributed by atoms with van der Waals surface area (Å²) >= 11 is 0. The van der Waals surface area contributed by atoms with Gasteiger partial charge in [-0.2, -0.15) is 26.3 Å². The number of likely N-dealkylation sites (tertiary alicyclic amines) is 3. The van der Waals surface area contributed by atoms with E-state index in [0.717, 1.165) is 6.33 Å². The third kappa shape index (κ3) is 3.83. The molecule has 9 nitrogen and oxygen atoms in total. The summed E-state index contributed by atoms with van der Waals surface area (Å²) in [6.07, 6.45) is -6.05. The summed E-state index contributed by atoms with van der Waals surface area (Å²) in [4.78, 5) is 25.0. The first-order chi connectivity index (χ1) is 16.3. The van der Waals surface area contributed by atoms with Crippen LogP contribution in [0.2, 0.25) is 0 Å². The second-order valence-electron chi connectivity index (χ2n) is 10.4. The molecular formula is C20H21F6N7O2. The lowest BCUT2D eigenvalue weighted by Crippen LogP contribution is -2.75. The standard InChI is InChI=1S/C20H21F6N7O2/c21-19(22,23)13-4-35-14(28-13)3-30-5-18(6-30)9-32(10-18)16(34)31-7-17(8-31)1-12(2-17)33-11-27-15(29-33)20(24,25)26/h4,11-12H,1-3,5-10H2. The van der Waals surface area contributed by atoms with Crippen molar-refractivity contribution in [1.29, 1.82) is 0 Å². The molecule has 2 spiro atoms. The molecular weight excluding hydrogens is 484 g/mol. The SMILES string of the molecule is O=C(N1CC2(CC(n3cnc(C(F)(F)F)n3)C2)C1)N1CC2(CN(Cc3nc(C(F)(F)F)co3)C2)C1. The van der Waals surface area contributed by atoms with Crippen molar-refractivity contribution in [3.05, 3.63) is 30.0 Å². The van der Waals surface area contributed by atoms with Crippen molar-refractivity contribution in [3.8, 4) is 0 Å². The molecule has 2 aromatic heterocycles. The number of rotatable bonds is 3. The second kappa shape index (κ2) is 7.11. The molecule has 1 aliphatic carbocycles. The van der Waals surface area contributed by atoms with Crippen LogP contribution in [0.1, 0.15) is 36.3 Å². The smallest absolute Gasteiger partial charge is 0.447 e. The number of amides is 2. The lowest BCUT2D eigenvalue weighted by molar-refractivity contribution is -0.145. The zero-order chi connectivity index (χ0) is 24.8. The Morgan fingerprint density at radius 2 is 1.60 bits per heavy atom. The van der Waals surface area contributed by atoms with Gasteiger partial charge in [-0.3, -0.25) is 4.90 Å². The molecule has 0 radical (unpaired) electrons. The Kier molecular flexibility index (Phi) is 4.59. The number of hydrogen-bond donors (Lipinski definition) is 0. The van der Waals surface area contributed by atoms with Crippen LogP contribution in [0.3, 0.4) is 0 Å². The van der Waals surface area contributed by atoms with Gasteiger partial charge in [0.1, 0.15) is 12.6 Å². The molecule has 0 unspecified atom stereocenters. The highest BCUT2D eigenvalue weighted by Crippen LogP contribution is 2.54. The molecule has 3 saturated heterocycles. The normalized spacial score (nSPS) is 23.7. The van der Waals surface area contributed by atoms with E-state index < -0.39 is 23.9 Å². The molecule has 0 N–H and O–H groups in total. The van der Waals surface area contributed by atoms with Crippen molar-refractivity contribution >= 4 is 6.03 Å². The monoisotopic (exact) mass is 505 g/mol. The average Bonchev–Trinajstić information content (AvgIpc) is 3.29. The first kappa shape index (κ1) is 22.6. The van der Waals surface area contributed by atoms with Gasteiger partial charge in [0.15, 0.2) is 5.69 Å². The number of alkyl halides is 6. The van der Waals surface area contributed by atoms with E-state index in [0.29, 0.717) is 58.4 Å². The Morgan fingerprint density at radius 1 is 0.971 bits per heavy atom. The highest BCUT2D eigenvalue weighted by atomic mass is 19.4. The van der Waals surface area contributed by atoms with Crippen LogP contribution in [-0.2, 0) is 18.9 Å². The molecule has 6 rings (SSSR count). The minimum atomic E-state index is -4.56. The van der Waals surface area contributed by atoms with Gasteiger partial charge in [0.25, 0.3) is 5.82 Å². The van der Waals surface area contributed by atoms with E-state index in [1.807, 2.05) is 4.90 Å². The van der Waals surface area contributed by atoms with E-state index in [1.165, 1.54) is 4.68 Å². The van der Waals surface area contributed by atoms with Crippen molar-refractivity contribution in [3.63, 3.8) is 0 Å². The maximum Gasteiger partial charge on any atom is 0.453 e. The summed E-state index contributed by atoms with van der Waals surface area (Å²) < 4.78 is 82.1. The molecule has 1 saturated carbocycles. The van der Waals surface area contributed by atoms with Crippen LogP contribution >= 0.6 is 0 Å². The molecule has 2 aromatic rings. The number of halogens is 6. The number of hydrogen-bond acceptors (Lipinski definition) is 6. The lowest BCUT2D eigenvalue weighted by Gasteiger charge is -2.63. The molecule has 190 valence electrons. The summed E-state index contributed by atoms with van der Waals surface area (Å²) in [6.45, 7) is 3.83. The molecule has 0 atom stereocenters. The van der Waals surface area contributed by atoms with Crippen LogP contribution in [-0.4, -0.2) is 79.7 Å². The van der Waals surface area contributed by atoms with Gasteiger partial charge in [0.05, 0.1) is 12.6 Å². The van der Waals surface area contributed by atoms with Crippen molar-refractivity contribution in [2.45, 2.75) is 37.8 Å². The highest BCUT2D eigenvalue weighted by molar-refractivity contribution is 5.77. The van der Waals surface area contributed by atoms with Crippen LogP contribution < -0.4 is 0 Å². The Bertz CT molecular complexity index is 1130. The Labute approximate surface area is 194 Å². The molecule has 3 aliphatic heterocycles. The van der Waals surface area contributed by atoms with E-state index >= 15 is 0 Å². The first-order valence-corrected chi connectivity index (χ1v) is 11.1. The fraction of sp³-hybridized carbons (Fsp3) is 0.700. The molecule has 15 heteroatoms. The van der Waals surface area contributed by atoms with Gasteiger partial charge in [-0.25, -0.2) is 19.4 Å². The van der Waals surface area contributed by atoms with Gasteiger partial charge in [0.2, 0.25) is 5.89 Å². The minimum Gasteiger partial charge on any atom is -0.447 e. The number of aromatic nitrogens is 4. The fourth-order valence-electron chi connectivity index (χ4n) is 5.88. The van der Waals surface area contributed by atoms with Crippen molar-refractivity contribution in [2.75, 3.05) is 39.3 Å². The average molecular weight is 505 g/mol. The summed E-state index contributed by atoms with van der Waals surface area (Å²) in [7, 11) is 0. The molecule has 0 bridgehead atoms. The van der Waals surface area contributed by atoms with Gasteiger partial charge in [-0.05, 0) is 12.8 Å². The minimum absolute atomic E-state index is 0.0182. The third-order valence-electron chi connectivity index (χ3n) is 7.44. The van der Waals surface area contributed by atoms with E-state index in [1.54, 1.807) is 9.80 Å². The number of urea groups is 1. The summed E-state index contributed by atoms with van der Waals surface area (Å²) in [5.74, 6) is -1.12. The Hall–Kier alpha value is -2.84. The maximum atomic E-state index is 12.8. The van der Waals surface area contributed by atoms with Gasteiger partial charge >= 0.3 is 18.4 Å². The van der Waals surface area contributed by atoms with Crippen molar-refractivity contribution in [1.82, 2.24) is 34.4 Å². The molecule has 4 aliphatic rings. The van der Waals surface area contributed by atoms with Gasteiger partial charge < -0.3 is 14.2 Å². The fourth-order valence-corrected chi connectivity index (χ4v) is 5.88. The van der Waals surface area contributed by atoms with Crippen LogP contribution in [0.25, 0.3) is 0 Å². The Morgan fingerprint density at radius 3 is 2.14 bits per heavy atom. The first-order valence-electron chi connectivity index (χ1n) is 11.1. The zero-order valence-corrected chi connectivity index (χ0v) is 18.3. The third-order valence-corrected chi connectivity index (χ3v) is 7.44. The van der Waals surface area contributed by atoms with E-state index in [9.17, 15) is 31.1 Å². The van der Waals surface area contributed by atoms with Gasteiger partial charge in [-0.15, -0.1) is 5.10 Å². The zero-order valence-electron chi connectivity index (χ0n) is 18.3. The second-order valence-corrected chi connectivity index (χ2v) is 10.4. The predicted octanol–water partition coefficient (Wildman–Crippen LogP) is 2.88. The molecule has 2 amide bonds. The van der Waals surface area contributed by atoms with Crippen LogP contribution in [0.15, 0.2) is 17.0 Å². The van der Waals surface area contributed by atoms with Crippen molar-refractivity contribution in [2.24, 2.45) is 10.8 Å². The van der Waals surface area contributed by atoms with Crippen molar-refractivity contribution < 1.29 is 35.6 Å². The quantitative estimate of drug-likeness (QED) is 0.597. The summed E-state index contributed by atoms with van der Waals surface area (Å²) in [5, 5.41) is 3.54. The molecule has 0 aromatic carbocycles. The number of oxazole rings is 1. The summed E-state index contributed by atoms with van der Waals surface area (Å²) in [5.41, 5.74) is -1.14. The van der Waals surface area contributed by atoms with E-state index in [2.05, 4.69) is 15.1 Å². The molecule has 35 heavy (non-hydrogen) atoms. The van der Waals surface area contributed by atoms with E-state index in [4.69, 9.17) is 4.42 Å². The van der Waals surface area contributed by atoms with Crippen LogP contribution in [0, 0.1) is 10.8 Å². The van der Waals surface area contributed by atoms with Gasteiger partial charge in [-0.1, -0.05) is 0 Å². The van der Waals surface area contributed by atoms with Gasteiger partial charge in [0, 0.05) is 50.1 Å². The number of nitrogens with zero attached hydrogens (tertiary/aromatic N) is 7. The Balaban J connectivity index is 0.926. The number of carbonyl (C=O) groups is 1. The molecule has 4 fully saturated rings. The van der Waals surface area contributed by atoms with Crippen LogP contribution in [0.5, 0.6) is 0 Å².